The molecule has 0 aromatic carbocycles. The van der Waals surface area contributed by atoms with Gasteiger partial charge in [0.15, 0.2) is 5.84 Å². The number of hydrogen-bond donors (Lipinski definition) is 3. The molecule has 0 unspecified atom stereocenters. The molecule has 2 heterocycles. The smallest absolute Gasteiger partial charge is 0.254 e. The standard InChI is InChI=1S/C12H18N6O2/c13-11(17-20)7-18-3-1-10(2-4-18)16-12(19)9-5-14-8-15-6-9/h5-6,8,10,20H,1-4,7H2,(H2,13,17)(H,16,19). The number of aromatic nitrogens is 2. The van der Waals surface area contributed by atoms with Crippen LogP contribution in [0.2, 0.25) is 0 Å². The number of rotatable bonds is 4. The highest BCUT2D eigenvalue weighted by molar-refractivity contribution is 5.93. The molecular weight excluding hydrogens is 260 g/mol. The predicted molar refractivity (Wildman–Crippen MR) is 72.4 cm³/mol. The summed E-state index contributed by atoms with van der Waals surface area (Å²) in [4.78, 5) is 21.7. The van der Waals surface area contributed by atoms with Crippen LogP contribution in [0.5, 0.6) is 0 Å². The van der Waals surface area contributed by atoms with E-state index in [0.29, 0.717) is 12.1 Å². The van der Waals surface area contributed by atoms with Gasteiger partial charge < -0.3 is 16.3 Å². The molecular formula is C12H18N6O2. The van der Waals surface area contributed by atoms with Crippen LogP contribution in [-0.2, 0) is 0 Å². The second-order valence-electron chi connectivity index (χ2n) is 4.74. The number of hydrogen-bond acceptors (Lipinski definition) is 6. The maximum Gasteiger partial charge on any atom is 0.254 e. The maximum absolute atomic E-state index is 11.9. The fraction of sp³-hybridized carbons (Fsp3) is 0.500. The van der Waals surface area contributed by atoms with E-state index in [1.807, 2.05) is 0 Å². The molecule has 4 N–H and O–H groups in total. The van der Waals surface area contributed by atoms with Gasteiger partial charge in [-0.05, 0) is 12.8 Å². The molecule has 1 amide bonds. The Kier molecular flexibility index (Phi) is 4.83. The van der Waals surface area contributed by atoms with E-state index in [-0.39, 0.29) is 17.8 Å². The van der Waals surface area contributed by atoms with E-state index in [0.717, 1.165) is 25.9 Å². The summed E-state index contributed by atoms with van der Waals surface area (Å²) in [7, 11) is 0. The Morgan fingerprint density at radius 2 is 2.10 bits per heavy atom. The summed E-state index contributed by atoms with van der Waals surface area (Å²) in [6, 6.07) is 0.131. The highest BCUT2D eigenvalue weighted by Crippen LogP contribution is 2.10. The van der Waals surface area contributed by atoms with Crippen molar-refractivity contribution >= 4 is 11.7 Å². The lowest BCUT2D eigenvalue weighted by atomic mass is 10.0. The molecule has 0 spiro atoms. The van der Waals surface area contributed by atoms with Gasteiger partial charge in [-0.1, -0.05) is 5.16 Å². The minimum Gasteiger partial charge on any atom is -0.409 e. The lowest BCUT2D eigenvalue weighted by Crippen LogP contribution is -2.46. The summed E-state index contributed by atoms with van der Waals surface area (Å²) in [5, 5.41) is 14.5. The first-order chi connectivity index (χ1) is 9.69. The van der Waals surface area contributed by atoms with E-state index < -0.39 is 0 Å². The number of oxime groups is 1. The number of nitrogens with two attached hydrogens (primary N) is 1. The molecule has 0 aliphatic carbocycles. The number of amides is 1. The van der Waals surface area contributed by atoms with E-state index in [1.54, 1.807) is 0 Å². The van der Waals surface area contributed by atoms with Crippen LogP contribution in [-0.4, -0.2) is 57.5 Å². The average Bonchev–Trinajstić information content (AvgIpc) is 2.50. The van der Waals surface area contributed by atoms with Crippen molar-refractivity contribution in [1.29, 1.82) is 0 Å². The summed E-state index contributed by atoms with van der Waals surface area (Å²) >= 11 is 0. The van der Waals surface area contributed by atoms with Crippen LogP contribution in [0.4, 0.5) is 0 Å². The molecule has 1 saturated heterocycles. The summed E-state index contributed by atoms with van der Waals surface area (Å²) < 4.78 is 0. The number of nitrogens with zero attached hydrogens (tertiary/aromatic N) is 4. The van der Waals surface area contributed by atoms with Crippen molar-refractivity contribution in [3.63, 3.8) is 0 Å². The Bertz CT molecular complexity index is 470. The minimum absolute atomic E-state index is 0.131. The number of carbonyl (C=O) groups excluding carboxylic acids is 1. The largest absolute Gasteiger partial charge is 0.409 e. The van der Waals surface area contributed by atoms with Crippen LogP contribution in [0.3, 0.4) is 0 Å². The number of carbonyl (C=O) groups is 1. The molecule has 1 aliphatic heterocycles. The van der Waals surface area contributed by atoms with Crippen LogP contribution in [0.25, 0.3) is 0 Å². The van der Waals surface area contributed by atoms with Gasteiger partial charge in [-0.2, -0.15) is 0 Å². The van der Waals surface area contributed by atoms with Gasteiger partial charge in [0.1, 0.15) is 6.33 Å². The van der Waals surface area contributed by atoms with Crippen LogP contribution in [0, 0.1) is 0 Å². The molecule has 1 fully saturated rings. The molecule has 1 aromatic rings. The lowest BCUT2D eigenvalue weighted by molar-refractivity contribution is 0.0914. The zero-order valence-electron chi connectivity index (χ0n) is 11.1. The molecule has 8 heteroatoms. The molecule has 0 bridgehead atoms. The maximum atomic E-state index is 11.9. The quantitative estimate of drug-likeness (QED) is 0.293. The van der Waals surface area contributed by atoms with E-state index in [1.165, 1.54) is 18.7 Å². The van der Waals surface area contributed by atoms with E-state index >= 15 is 0 Å². The van der Waals surface area contributed by atoms with Crippen LogP contribution < -0.4 is 11.1 Å². The summed E-state index contributed by atoms with van der Waals surface area (Å²) in [5.74, 6) is 0.0504. The number of piperidine rings is 1. The molecule has 20 heavy (non-hydrogen) atoms. The van der Waals surface area contributed by atoms with Gasteiger partial charge in [0.25, 0.3) is 5.91 Å². The molecule has 0 atom stereocenters. The molecule has 1 aliphatic rings. The monoisotopic (exact) mass is 278 g/mol. The topological polar surface area (TPSA) is 117 Å². The zero-order chi connectivity index (χ0) is 14.4. The summed E-state index contributed by atoms with van der Waals surface area (Å²) in [5.41, 5.74) is 5.93. The Labute approximate surface area is 116 Å². The first-order valence-electron chi connectivity index (χ1n) is 6.43. The second kappa shape index (κ2) is 6.80. The number of nitrogens with one attached hydrogen (secondary N) is 1. The van der Waals surface area contributed by atoms with Crippen molar-refractivity contribution in [2.75, 3.05) is 19.6 Å². The molecule has 2 rings (SSSR count). The normalized spacial score (nSPS) is 17.9. The van der Waals surface area contributed by atoms with Crippen molar-refractivity contribution in [2.45, 2.75) is 18.9 Å². The van der Waals surface area contributed by atoms with Crippen molar-refractivity contribution in [1.82, 2.24) is 20.2 Å². The van der Waals surface area contributed by atoms with Gasteiger partial charge in [-0.3, -0.25) is 9.69 Å². The Balaban J connectivity index is 1.79. The average molecular weight is 278 g/mol. The first-order valence-corrected chi connectivity index (χ1v) is 6.43. The highest BCUT2D eigenvalue weighted by atomic mass is 16.4. The molecule has 8 nitrogen and oxygen atoms in total. The van der Waals surface area contributed by atoms with E-state index in [2.05, 4.69) is 25.3 Å². The van der Waals surface area contributed by atoms with Gasteiger partial charge in [0, 0.05) is 31.5 Å². The van der Waals surface area contributed by atoms with E-state index in [9.17, 15) is 4.79 Å². The van der Waals surface area contributed by atoms with Crippen LogP contribution >= 0.6 is 0 Å². The minimum atomic E-state index is -0.152. The predicted octanol–water partition coefficient (Wildman–Crippen LogP) is -0.583. The second-order valence-corrected chi connectivity index (χ2v) is 4.74. The third kappa shape index (κ3) is 3.89. The van der Waals surface area contributed by atoms with Gasteiger partial charge in [0.2, 0.25) is 0 Å². The van der Waals surface area contributed by atoms with Crippen molar-refractivity contribution in [3.05, 3.63) is 24.3 Å². The third-order valence-corrected chi connectivity index (χ3v) is 3.26. The zero-order valence-corrected chi connectivity index (χ0v) is 11.1. The lowest BCUT2D eigenvalue weighted by Gasteiger charge is -2.31. The Morgan fingerprint density at radius 3 is 2.70 bits per heavy atom. The fourth-order valence-electron chi connectivity index (χ4n) is 2.18. The van der Waals surface area contributed by atoms with E-state index in [4.69, 9.17) is 10.9 Å². The first kappa shape index (κ1) is 14.2. The molecule has 0 radical (unpaired) electrons. The summed E-state index contributed by atoms with van der Waals surface area (Å²) in [6.45, 7) is 2.04. The van der Waals surface area contributed by atoms with Crippen molar-refractivity contribution < 1.29 is 10.0 Å². The van der Waals surface area contributed by atoms with Gasteiger partial charge in [0.05, 0.1) is 12.1 Å². The summed E-state index contributed by atoms with van der Waals surface area (Å²) in [6.07, 6.45) is 6.05. The number of likely N-dealkylation sites (tertiary alicyclic amines) is 1. The SMILES string of the molecule is NC(CN1CCC(NC(=O)c2cncnc2)CC1)=NO. The van der Waals surface area contributed by atoms with Gasteiger partial charge in [-0.15, -0.1) is 0 Å². The molecule has 1 aromatic heterocycles. The Morgan fingerprint density at radius 1 is 1.45 bits per heavy atom. The highest BCUT2D eigenvalue weighted by Gasteiger charge is 2.21. The van der Waals surface area contributed by atoms with Gasteiger partial charge >= 0.3 is 0 Å². The molecule has 108 valence electrons. The van der Waals surface area contributed by atoms with Crippen molar-refractivity contribution in [2.24, 2.45) is 10.9 Å². The molecule has 0 saturated carbocycles. The van der Waals surface area contributed by atoms with Crippen molar-refractivity contribution in [3.8, 4) is 0 Å². The van der Waals surface area contributed by atoms with Gasteiger partial charge in [-0.25, -0.2) is 9.97 Å². The number of amidine groups is 1. The van der Waals surface area contributed by atoms with Crippen LogP contribution in [0.1, 0.15) is 23.2 Å². The van der Waals surface area contributed by atoms with Crippen LogP contribution in [0.15, 0.2) is 23.9 Å². The Hall–Kier alpha value is -2.22. The third-order valence-electron chi connectivity index (χ3n) is 3.26. The fourth-order valence-corrected chi connectivity index (χ4v) is 2.18.